The molecule has 1 aliphatic rings. The van der Waals surface area contributed by atoms with Gasteiger partial charge in [0.1, 0.15) is 0 Å². The van der Waals surface area contributed by atoms with E-state index in [1.165, 1.54) is 11.1 Å². The zero-order valence-electron chi connectivity index (χ0n) is 15.5. The Labute approximate surface area is 192 Å². The molecule has 0 fully saturated rings. The van der Waals surface area contributed by atoms with E-state index < -0.39 is 0 Å². The molecule has 0 bridgehead atoms. The molecule has 0 radical (unpaired) electrons. The van der Waals surface area contributed by atoms with Gasteiger partial charge in [-0.2, -0.15) is 0 Å². The summed E-state index contributed by atoms with van der Waals surface area (Å²) < 4.78 is 0. The van der Waals surface area contributed by atoms with Crippen LogP contribution in [0.25, 0.3) is 0 Å². The largest absolute Gasteiger partial charge is 0.352 e. The SMILES string of the molecule is CN=C(NCC(=O)N1CCc2ccccc2C1)NCc1ccc(Cl)cc1Cl.I. The summed E-state index contributed by atoms with van der Waals surface area (Å²) in [4.78, 5) is 18.6. The fourth-order valence-electron chi connectivity index (χ4n) is 3.04. The summed E-state index contributed by atoms with van der Waals surface area (Å²) >= 11 is 12.1. The van der Waals surface area contributed by atoms with E-state index in [9.17, 15) is 4.79 Å². The summed E-state index contributed by atoms with van der Waals surface area (Å²) in [5.74, 6) is 0.601. The number of rotatable bonds is 4. The lowest BCUT2D eigenvalue weighted by molar-refractivity contribution is -0.130. The van der Waals surface area contributed by atoms with Crippen molar-refractivity contribution in [2.24, 2.45) is 4.99 Å². The highest BCUT2D eigenvalue weighted by Crippen LogP contribution is 2.21. The Hall–Kier alpha value is -1.51. The fourth-order valence-corrected chi connectivity index (χ4v) is 3.52. The first-order chi connectivity index (χ1) is 13.1. The van der Waals surface area contributed by atoms with Gasteiger partial charge in [-0.05, 0) is 35.2 Å². The van der Waals surface area contributed by atoms with Crippen LogP contribution in [-0.2, 0) is 24.3 Å². The van der Waals surface area contributed by atoms with Gasteiger partial charge in [0.05, 0.1) is 6.54 Å². The van der Waals surface area contributed by atoms with Gasteiger partial charge in [-0.15, -0.1) is 24.0 Å². The van der Waals surface area contributed by atoms with Crippen LogP contribution in [0.4, 0.5) is 0 Å². The second-order valence-electron chi connectivity index (χ2n) is 6.35. The average Bonchev–Trinajstić information content (AvgIpc) is 2.68. The van der Waals surface area contributed by atoms with Gasteiger partial charge in [0, 0.05) is 36.7 Å². The molecule has 0 spiro atoms. The Morgan fingerprint density at radius 1 is 1.14 bits per heavy atom. The third kappa shape index (κ3) is 5.99. The molecular formula is C20H23Cl2IN4O. The molecule has 28 heavy (non-hydrogen) atoms. The molecule has 5 nitrogen and oxygen atoms in total. The molecule has 0 unspecified atom stereocenters. The van der Waals surface area contributed by atoms with Crippen molar-refractivity contribution in [2.45, 2.75) is 19.5 Å². The predicted octanol–water partition coefficient (Wildman–Crippen LogP) is 3.86. The van der Waals surface area contributed by atoms with Crippen LogP contribution in [0, 0.1) is 0 Å². The zero-order valence-corrected chi connectivity index (χ0v) is 19.4. The van der Waals surface area contributed by atoms with Crippen molar-refractivity contribution in [3.05, 3.63) is 69.2 Å². The molecule has 2 aromatic carbocycles. The lowest BCUT2D eigenvalue weighted by Gasteiger charge is -2.29. The van der Waals surface area contributed by atoms with E-state index >= 15 is 0 Å². The van der Waals surface area contributed by atoms with Crippen molar-refractivity contribution in [3.63, 3.8) is 0 Å². The topological polar surface area (TPSA) is 56.7 Å². The first-order valence-electron chi connectivity index (χ1n) is 8.80. The van der Waals surface area contributed by atoms with Crippen molar-refractivity contribution in [1.82, 2.24) is 15.5 Å². The summed E-state index contributed by atoms with van der Waals surface area (Å²) in [6.07, 6.45) is 0.893. The summed E-state index contributed by atoms with van der Waals surface area (Å²) in [5.41, 5.74) is 3.45. The highest BCUT2D eigenvalue weighted by molar-refractivity contribution is 14.0. The van der Waals surface area contributed by atoms with E-state index in [-0.39, 0.29) is 36.4 Å². The van der Waals surface area contributed by atoms with Gasteiger partial charge >= 0.3 is 0 Å². The third-order valence-electron chi connectivity index (χ3n) is 4.58. The van der Waals surface area contributed by atoms with E-state index in [1.54, 1.807) is 19.2 Å². The van der Waals surface area contributed by atoms with Crippen molar-refractivity contribution in [2.75, 3.05) is 20.1 Å². The number of carbonyl (C=O) groups is 1. The Kier molecular flexibility index (Phi) is 8.85. The van der Waals surface area contributed by atoms with Crippen LogP contribution in [0.5, 0.6) is 0 Å². The first-order valence-corrected chi connectivity index (χ1v) is 9.55. The smallest absolute Gasteiger partial charge is 0.242 e. The van der Waals surface area contributed by atoms with E-state index in [2.05, 4.69) is 27.8 Å². The Morgan fingerprint density at radius 3 is 2.61 bits per heavy atom. The zero-order chi connectivity index (χ0) is 19.2. The van der Waals surface area contributed by atoms with Gasteiger partial charge in [0.25, 0.3) is 0 Å². The number of amides is 1. The van der Waals surface area contributed by atoms with Crippen molar-refractivity contribution >= 4 is 59.0 Å². The molecule has 150 valence electrons. The molecule has 0 saturated heterocycles. The van der Waals surface area contributed by atoms with E-state index in [0.717, 1.165) is 18.5 Å². The van der Waals surface area contributed by atoms with Crippen LogP contribution in [0.3, 0.4) is 0 Å². The Bertz CT molecular complexity index is 860. The molecule has 0 aliphatic carbocycles. The van der Waals surface area contributed by atoms with E-state index in [1.807, 2.05) is 23.1 Å². The van der Waals surface area contributed by atoms with Crippen LogP contribution in [0.2, 0.25) is 10.0 Å². The first kappa shape index (κ1) is 22.8. The predicted molar refractivity (Wildman–Crippen MR) is 126 cm³/mol. The molecule has 8 heteroatoms. The monoisotopic (exact) mass is 532 g/mol. The van der Waals surface area contributed by atoms with Crippen LogP contribution >= 0.6 is 47.2 Å². The van der Waals surface area contributed by atoms with E-state index in [0.29, 0.717) is 29.1 Å². The maximum atomic E-state index is 12.5. The quantitative estimate of drug-likeness (QED) is 0.357. The average molecular weight is 533 g/mol. The maximum absolute atomic E-state index is 12.5. The molecule has 0 saturated carbocycles. The minimum absolute atomic E-state index is 0. The van der Waals surface area contributed by atoms with Gasteiger partial charge in [0.15, 0.2) is 5.96 Å². The second-order valence-corrected chi connectivity index (χ2v) is 7.19. The highest BCUT2D eigenvalue weighted by atomic mass is 127. The molecule has 0 atom stereocenters. The van der Waals surface area contributed by atoms with Gasteiger partial charge in [0.2, 0.25) is 5.91 Å². The number of benzene rings is 2. The number of halogens is 3. The number of nitrogens with one attached hydrogen (secondary N) is 2. The fraction of sp³-hybridized carbons (Fsp3) is 0.300. The number of fused-ring (bicyclic) bond motifs is 1. The minimum Gasteiger partial charge on any atom is -0.352 e. The van der Waals surface area contributed by atoms with Crippen LogP contribution in [-0.4, -0.2) is 36.9 Å². The molecule has 1 heterocycles. The number of nitrogens with zero attached hydrogens (tertiary/aromatic N) is 2. The number of aliphatic imine (C=N–C) groups is 1. The van der Waals surface area contributed by atoms with Crippen LogP contribution in [0.1, 0.15) is 16.7 Å². The summed E-state index contributed by atoms with van der Waals surface area (Å²) in [5, 5.41) is 7.42. The van der Waals surface area contributed by atoms with Gasteiger partial charge in [-0.25, -0.2) is 0 Å². The van der Waals surface area contributed by atoms with Crippen molar-refractivity contribution in [3.8, 4) is 0 Å². The molecule has 2 aromatic rings. The molecule has 3 rings (SSSR count). The van der Waals surface area contributed by atoms with Gasteiger partial charge in [-0.1, -0.05) is 53.5 Å². The summed E-state index contributed by atoms with van der Waals surface area (Å²) in [6.45, 7) is 2.07. The molecular weight excluding hydrogens is 510 g/mol. The third-order valence-corrected chi connectivity index (χ3v) is 5.16. The highest BCUT2D eigenvalue weighted by Gasteiger charge is 2.20. The summed E-state index contributed by atoms with van der Waals surface area (Å²) in [7, 11) is 1.67. The minimum atomic E-state index is 0. The number of hydrogen-bond donors (Lipinski definition) is 2. The van der Waals surface area contributed by atoms with E-state index in [4.69, 9.17) is 23.2 Å². The maximum Gasteiger partial charge on any atom is 0.242 e. The standard InChI is InChI=1S/C20H22Cl2N4O.HI/c1-23-20(24-11-15-6-7-17(21)10-18(15)22)25-12-19(27)26-9-8-14-4-2-3-5-16(14)13-26;/h2-7,10H,8-9,11-13H2,1H3,(H2,23,24,25);1H. The Morgan fingerprint density at radius 2 is 1.89 bits per heavy atom. The van der Waals surface area contributed by atoms with Gasteiger partial charge < -0.3 is 15.5 Å². The number of carbonyl (C=O) groups excluding carboxylic acids is 1. The normalized spacial score (nSPS) is 13.4. The molecule has 1 amide bonds. The number of hydrogen-bond acceptors (Lipinski definition) is 2. The molecule has 0 aromatic heterocycles. The number of guanidine groups is 1. The van der Waals surface area contributed by atoms with Crippen molar-refractivity contribution < 1.29 is 4.79 Å². The molecule has 2 N–H and O–H groups in total. The van der Waals surface area contributed by atoms with Crippen LogP contribution in [0.15, 0.2) is 47.5 Å². The second kappa shape index (κ2) is 10.9. The lowest BCUT2D eigenvalue weighted by atomic mass is 10.00. The van der Waals surface area contributed by atoms with Crippen molar-refractivity contribution in [1.29, 1.82) is 0 Å². The van der Waals surface area contributed by atoms with Crippen LogP contribution < -0.4 is 10.6 Å². The van der Waals surface area contributed by atoms with Gasteiger partial charge in [-0.3, -0.25) is 9.79 Å². The molecule has 1 aliphatic heterocycles. The Balaban J connectivity index is 0.00000280. The lowest BCUT2D eigenvalue weighted by Crippen LogP contribution is -2.45. The summed E-state index contributed by atoms with van der Waals surface area (Å²) in [6, 6.07) is 13.6.